The number of carbonyl (C=O) groups excluding carboxylic acids is 4. The lowest BCUT2D eigenvalue weighted by Crippen LogP contribution is -2.59. The van der Waals surface area contributed by atoms with Crippen LogP contribution in [-0.4, -0.2) is 29.4 Å². The van der Waals surface area contributed by atoms with Gasteiger partial charge in [-0.1, -0.05) is 20.8 Å². The van der Waals surface area contributed by atoms with Gasteiger partial charge in [0.2, 0.25) is 0 Å². The zero-order valence-electron chi connectivity index (χ0n) is 13.7. The number of rotatable bonds is 0. The van der Waals surface area contributed by atoms with E-state index in [-0.39, 0.29) is 71.9 Å². The zero-order chi connectivity index (χ0) is 16.7. The van der Waals surface area contributed by atoms with E-state index in [2.05, 4.69) is 0 Å². The Bertz CT molecular complexity index is 637. The molecule has 3 aliphatic carbocycles. The van der Waals surface area contributed by atoms with Gasteiger partial charge in [0.15, 0.2) is 0 Å². The Morgan fingerprint density at radius 1 is 1.04 bits per heavy atom. The molecule has 0 spiro atoms. The van der Waals surface area contributed by atoms with Gasteiger partial charge in [-0.25, -0.2) is 0 Å². The highest BCUT2D eigenvalue weighted by molar-refractivity contribution is 6.04. The first-order chi connectivity index (χ1) is 10.8. The van der Waals surface area contributed by atoms with Crippen molar-refractivity contribution < 1.29 is 23.9 Å². The van der Waals surface area contributed by atoms with Crippen molar-refractivity contribution in [1.29, 1.82) is 0 Å². The minimum Gasteiger partial charge on any atom is -0.462 e. The fourth-order valence-electron chi connectivity index (χ4n) is 6.03. The van der Waals surface area contributed by atoms with E-state index >= 15 is 0 Å². The minimum absolute atomic E-state index is 0.0349. The molecule has 23 heavy (non-hydrogen) atoms. The molecule has 0 unspecified atom stereocenters. The van der Waals surface area contributed by atoms with E-state index in [9.17, 15) is 19.2 Å². The number of carbonyl (C=O) groups is 4. The summed E-state index contributed by atoms with van der Waals surface area (Å²) in [5, 5.41) is 0. The van der Waals surface area contributed by atoms with Crippen LogP contribution in [0.15, 0.2) is 0 Å². The van der Waals surface area contributed by atoms with Crippen molar-refractivity contribution in [2.24, 2.45) is 40.9 Å². The third-order valence-corrected chi connectivity index (χ3v) is 7.09. The number of esters is 1. The molecule has 4 aliphatic rings. The van der Waals surface area contributed by atoms with Crippen LogP contribution in [0.2, 0.25) is 0 Å². The van der Waals surface area contributed by atoms with E-state index in [0.717, 1.165) is 0 Å². The maximum absolute atomic E-state index is 13.1. The first-order valence-corrected chi connectivity index (χ1v) is 8.57. The summed E-state index contributed by atoms with van der Waals surface area (Å²) in [6.45, 7) is 5.50. The lowest BCUT2D eigenvalue weighted by atomic mass is 9.48. The van der Waals surface area contributed by atoms with Crippen LogP contribution in [0.5, 0.6) is 0 Å². The van der Waals surface area contributed by atoms with Gasteiger partial charge in [0.05, 0.1) is 5.92 Å². The van der Waals surface area contributed by atoms with Crippen molar-refractivity contribution in [3.05, 3.63) is 0 Å². The maximum atomic E-state index is 13.1. The lowest BCUT2D eigenvalue weighted by molar-refractivity contribution is -0.165. The largest absolute Gasteiger partial charge is 0.462 e. The van der Waals surface area contributed by atoms with Gasteiger partial charge in [-0.05, 0) is 12.3 Å². The summed E-state index contributed by atoms with van der Waals surface area (Å²) in [5.41, 5.74) is -0.824. The quantitative estimate of drug-likeness (QED) is 0.634. The monoisotopic (exact) mass is 318 g/mol. The summed E-state index contributed by atoms with van der Waals surface area (Å²) in [6, 6.07) is 0. The Balaban J connectivity index is 1.84. The van der Waals surface area contributed by atoms with Gasteiger partial charge >= 0.3 is 5.97 Å². The van der Waals surface area contributed by atoms with Crippen LogP contribution >= 0.6 is 0 Å². The van der Waals surface area contributed by atoms with Crippen LogP contribution in [0.1, 0.15) is 40.0 Å². The van der Waals surface area contributed by atoms with E-state index < -0.39 is 11.3 Å². The number of Topliss-reactive ketones (excluding diaryl/α,β-unsaturated/α-hetero) is 3. The first kappa shape index (κ1) is 15.0. The van der Waals surface area contributed by atoms with Gasteiger partial charge in [-0.3, -0.25) is 19.2 Å². The Morgan fingerprint density at radius 3 is 2.43 bits per heavy atom. The van der Waals surface area contributed by atoms with E-state index in [1.165, 1.54) is 0 Å². The molecule has 0 aromatic heterocycles. The normalized spacial score (nSPS) is 52.0. The molecule has 3 saturated carbocycles. The molecular weight excluding hydrogens is 296 g/mol. The molecule has 0 amide bonds. The molecule has 124 valence electrons. The Hall–Kier alpha value is -1.52. The van der Waals surface area contributed by atoms with Crippen molar-refractivity contribution in [3.63, 3.8) is 0 Å². The molecule has 4 rings (SSSR count). The molecule has 0 N–H and O–H groups in total. The lowest BCUT2D eigenvalue weighted by Gasteiger charge is -2.51. The van der Waals surface area contributed by atoms with Crippen LogP contribution < -0.4 is 0 Å². The number of fused-ring (bicyclic) bond motifs is 5. The standard InChI is InChI=1S/C18H22O5/c1-7-4-12(20)10-6-11(19)9-5-13-14(8(2)17(22)23-13)15(9)18(10,3)16(7)21/h7-10,13-15H,4-6H2,1-3H3/t7-,8-,9+,10+,13-,14-,15-,18-/m0/s1. The van der Waals surface area contributed by atoms with Crippen molar-refractivity contribution in [3.8, 4) is 0 Å². The molecule has 0 aromatic rings. The third kappa shape index (κ3) is 1.68. The topological polar surface area (TPSA) is 77.5 Å². The van der Waals surface area contributed by atoms with Crippen LogP contribution in [0.25, 0.3) is 0 Å². The second kappa shape index (κ2) is 4.52. The maximum Gasteiger partial charge on any atom is 0.309 e. The smallest absolute Gasteiger partial charge is 0.309 e. The highest BCUT2D eigenvalue weighted by Crippen LogP contribution is 2.62. The highest BCUT2D eigenvalue weighted by Gasteiger charge is 2.69. The van der Waals surface area contributed by atoms with Crippen molar-refractivity contribution in [2.45, 2.75) is 46.1 Å². The van der Waals surface area contributed by atoms with Gasteiger partial charge in [-0.15, -0.1) is 0 Å². The van der Waals surface area contributed by atoms with E-state index in [1.54, 1.807) is 6.92 Å². The summed E-state index contributed by atoms with van der Waals surface area (Å²) in [5.74, 6) is -1.76. The second-order valence-electron chi connectivity index (χ2n) is 8.15. The number of ketones is 3. The third-order valence-electron chi connectivity index (χ3n) is 7.09. The summed E-state index contributed by atoms with van der Waals surface area (Å²) >= 11 is 0. The summed E-state index contributed by atoms with van der Waals surface area (Å²) in [7, 11) is 0. The van der Waals surface area contributed by atoms with E-state index in [4.69, 9.17) is 4.74 Å². The van der Waals surface area contributed by atoms with Gasteiger partial charge in [0, 0.05) is 41.9 Å². The van der Waals surface area contributed by atoms with Crippen LogP contribution in [0.3, 0.4) is 0 Å². The zero-order valence-corrected chi connectivity index (χ0v) is 13.7. The van der Waals surface area contributed by atoms with E-state index in [0.29, 0.717) is 6.42 Å². The summed E-state index contributed by atoms with van der Waals surface area (Å²) < 4.78 is 5.46. The SMILES string of the molecule is C[C@@H]1C(=O)O[C@H]2C[C@@H]3C(=O)C[C@@H]4C(=O)C[C@H](C)C(=O)[C@]4(C)[C@@H]3[C@H]21. The number of hydrogen-bond acceptors (Lipinski definition) is 5. The predicted molar refractivity (Wildman–Crippen MR) is 79.1 cm³/mol. The van der Waals surface area contributed by atoms with Crippen molar-refractivity contribution in [2.75, 3.05) is 0 Å². The fourth-order valence-corrected chi connectivity index (χ4v) is 6.03. The first-order valence-electron chi connectivity index (χ1n) is 8.57. The van der Waals surface area contributed by atoms with Gasteiger partial charge in [0.25, 0.3) is 0 Å². The Labute approximate surface area is 135 Å². The molecule has 5 heteroatoms. The van der Waals surface area contributed by atoms with E-state index in [1.807, 2.05) is 13.8 Å². The molecule has 5 nitrogen and oxygen atoms in total. The summed E-state index contributed by atoms with van der Waals surface area (Å²) in [4.78, 5) is 50.2. The molecule has 0 aromatic carbocycles. The average molecular weight is 318 g/mol. The van der Waals surface area contributed by atoms with Crippen molar-refractivity contribution >= 4 is 23.3 Å². The Kier molecular flexibility index (Phi) is 2.95. The molecule has 1 saturated heterocycles. The summed E-state index contributed by atoms with van der Waals surface area (Å²) in [6.07, 6.45) is 0.661. The highest BCUT2D eigenvalue weighted by atomic mass is 16.6. The van der Waals surface area contributed by atoms with Crippen LogP contribution in [-0.2, 0) is 23.9 Å². The Morgan fingerprint density at radius 2 is 1.74 bits per heavy atom. The molecule has 8 atom stereocenters. The molecular formula is C18H22O5. The number of ether oxygens (including phenoxy) is 1. The molecule has 0 radical (unpaired) electrons. The van der Waals surface area contributed by atoms with Crippen LogP contribution in [0.4, 0.5) is 0 Å². The predicted octanol–water partition coefficient (Wildman–Crippen LogP) is 1.57. The van der Waals surface area contributed by atoms with Gasteiger partial charge in [0.1, 0.15) is 23.5 Å². The van der Waals surface area contributed by atoms with Gasteiger partial charge in [-0.2, -0.15) is 0 Å². The molecule has 0 bridgehead atoms. The van der Waals surface area contributed by atoms with Gasteiger partial charge < -0.3 is 4.74 Å². The number of hydrogen-bond donors (Lipinski definition) is 0. The molecule has 4 fully saturated rings. The molecule has 1 aliphatic heterocycles. The van der Waals surface area contributed by atoms with Crippen LogP contribution in [0, 0.1) is 40.9 Å². The second-order valence-corrected chi connectivity index (χ2v) is 8.15. The van der Waals surface area contributed by atoms with Crippen molar-refractivity contribution in [1.82, 2.24) is 0 Å². The fraction of sp³-hybridized carbons (Fsp3) is 0.778. The average Bonchev–Trinajstić information content (AvgIpc) is 2.99. The molecule has 1 heterocycles. The minimum atomic E-state index is -0.824.